The van der Waals surface area contributed by atoms with Gasteiger partial charge < -0.3 is 18.9 Å². The molecule has 0 N–H and O–H groups in total. The van der Waals surface area contributed by atoms with Gasteiger partial charge in [0, 0.05) is 19.5 Å². The molecule has 2 aromatic rings. The van der Waals surface area contributed by atoms with Crippen molar-refractivity contribution >= 4 is 51.9 Å². The lowest BCUT2D eigenvalue weighted by Crippen LogP contribution is -2.22. The second kappa shape index (κ2) is 11.4. The Labute approximate surface area is 202 Å². The van der Waals surface area contributed by atoms with Crippen molar-refractivity contribution in [3.05, 3.63) is 51.9 Å². The summed E-state index contributed by atoms with van der Waals surface area (Å²) < 4.78 is 23.1. The van der Waals surface area contributed by atoms with Gasteiger partial charge in [-0.25, -0.2) is 0 Å². The number of thiocarbonyl (C=S) groups is 1. The lowest BCUT2D eigenvalue weighted by molar-refractivity contribution is -0.121. The molecule has 1 saturated heterocycles. The van der Waals surface area contributed by atoms with Crippen molar-refractivity contribution in [3.63, 3.8) is 0 Å². The highest BCUT2D eigenvalue weighted by molar-refractivity contribution is 8.26. The fraction of sp³-hybridized carbons (Fsp3) is 0.304. The van der Waals surface area contributed by atoms with Crippen molar-refractivity contribution in [2.75, 3.05) is 34.0 Å². The molecule has 0 saturated carbocycles. The Balaban J connectivity index is 1.63. The van der Waals surface area contributed by atoms with E-state index in [9.17, 15) is 4.79 Å². The first kappa shape index (κ1) is 24.2. The van der Waals surface area contributed by atoms with E-state index < -0.39 is 0 Å². The van der Waals surface area contributed by atoms with Crippen LogP contribution >= 0.6 is 35.6 Å². The Hall–Kier alpha value is -2.42. The summed E-state index contributed by atoms with van der Waals surface area (Å²) in [5.74, 6) is 2.33. The summed E-state index contributed by atoms with van der Waals surface area (Å²) in [7, 11) is 3.28. The highest BCUT2D eigenvalue weighted by Gasteiger charge is 2.28. The van der Waals surface area contributed by atoms with Crippen molar-refractivity contribution in [2.24, 2.45) is 0 Å². The average molecular weight is 494 g/mol. The normalized spacial score (nSPS) is 14.8. The molecular formula is C23H24ClNO5S2. The van der Waals surface area contributed by atoms with Crippen LogP contribution < -0.4 is 18.9 Å². The van der Waals surface area contributed by atoms with E-state index in [1.165, 1.54) is 16.7 Å². The number of ether oxygens (including phenoxy) is 4. The minimum atomic E-state index is -0.134. The van der Waals surface area contributed by atoms with E-state index in [0.29, 0.717) is 52.0 Å². The molecule has 1 amide bonds. The average Bonchev–Trinajstić information content (AvgIpc) is 3.02. The van der Waals surface area contributed by atoms with Crippen LogP contribution in [0.2, 0.25) is 5.02 Å². The topological polar surface area (TPSA) is 57.2 Å². The zero-order valence-electron chi connectivity index (χ0n) is 18.1. The summed E-state index contributed by atoms with van der Waals surface area (Å²) >= 11 is 12.9. The zero-order valence-corrected chi connectivity index (χ0v) is 20.4. The lowest BCUT2D eigenvalue weighted by Gasteiger charge is -2.15. The molecule has 0 atom stereocenters. The molecule has 0 aromatic heterocycles. The molecular weight excluding hydrogens is 470 g/mol. The van der Waals surface area contributed by atoms with Crippen LogP contribution in [0.15, 0.2) is 41.3 Å². The number of halogens is 1. The standard InChI is InChI=1S/C23H24ClNO5S2/c1-4-28-19-12-15(13-20-22(26)25(2)23(31)32-20)11-18(24)21(19)30-10-6-9-29-17-8-5-7-16(14-17)27-3/h5,7-8,11-14H,4,6,9-10H2,1-3H3/b20-13+. The predicted molar refractivity (Wildman–Crippen MR) is 132 cm³/mol. The molecule has 1 aliphatic rings. The van der Waals surface area contributed by atoms with Gasteiger partial charge in [0.2, 0.25) is 0 Å². The van der Waals surface area contributed by atoms with E-state index in [1.807, 2.05) is 31.2 Å². The Morgan fingerprint density at radius 2 is 1.88 bits per heavy atom. The molecule has 0 aliphatic carbocycles. The maximum absolute atomic E-state index is 12.3. The third-order valence-corrected chi connectivity index (χ3v) is 6.23. The quantitative estimate of drug-likeness (QED) is 0.248. The molecule has 0 unspecified atom stereocenters. The summed E-state index contributed by atoms with van der Waals surface area (Å²) in [6.07, 6.45) is 2.41. The van der Waals surface area contributed by atoms with E-state index in [2.05, 4.69) is 0 Å². The third-order valence-electron chi connectivity index (χ3n) is 4.46. The predicted octanol–water partition coefficient (Wildman–Crippen LogP) is 5.43. The summed E-state index contributed by atoms with van der Waals surface area (Å²) in [5, 5.41) is 0.405. The smallest absolute Gasteiger partial charge is 0.265 e. The highest BCUT2D eigenvalue weighted by atomic mass is 35.5. The second-order valence-corrected chi connectivity index (χ2v) is 8.82. The van der Waals surface area contributed by atoms with Crippen molar-refractivity contribution in [2.45, 2.75) is 13.3 Å². The van der Waals surface area contributed by atoms with Crippen LogP contribution in [0.5, 0.6) is 23.0 Å². The van der Waals surface area contributed by atoms with Gasteiger partial charge in [-0.1, -0.05) is 41.6 Å². The fourth-order valence-electron chi connectivity index (χ4n) is 2.89. The van der Waals surface area contributed by atoms with Gasteiger partial charge in [-0.05, 0) is 42.8 Å². The lowest BCUT2D eigenvalue weighted by atomic mass is 10.1. The van der Waals surface area contributed by atoms with Crippen molar-refractivity contribution in [1.82, 2.24) is 4.90 Å². The number of hydrogen-bond acceptors (Lipinski definition) is 7. The first-order valence-electron chi connectivity index (χ1n) is 10.0. The van der Waals surface area contributed by atoms with Gasteiger partial charge >= 0.3 is 0 Å². The molecule has 6 nitrogen and oxygen atoms in total. The van der Waals surface area contributed by atoms with Crippen LogP contribution in [0, 0.1) is 0 Å². The number of methoxy groups -OCH3 is 1. The summed E-state index contributed by atoms with van der Waals surface area (Å²) in [4.78, 5) is 14.3. The molecule has 170 valence electrons. The number of carbonyl (C=O) groups is 1. The SMILES string of the molecule is CCOc1cc(/C=C2/SC(=S)N(C)C2=O)cc(Cl)c1OCCCOc1cccc(OC)c1. The first-order chi connectivity index (χ1) is 15.4. The molecule has 0 radical (unpaired) electrons. The maximum atomic E-state index is 12.3. The molecule has 0 spiro atoms. The number of nitrogens with zero attached hydrogens (tertiary/aromatic N) is 1. The number of benzene rings is 2. The Morgan fingerprint density at radius 3 is 2.56 bits per heavy atom. The summed E-state index contributed by atoms with van der Waals surface area (Å²) in [6.45, 7) is 3.21. The van der Waals surface area contributed by atoms with Gasteiger partial charge in [0.1, 0.15) is 15.8 Å². The number of thioether (sulfide) groups is 1. The maximum Gasteiger partial charge on any atom is 0.265 e. The third kappa shape index (κ3) is 6.09. The largest absolute Gasteiger partial charge is 0.497 e. The summed E-state index contributed by atoms with van der Waals surface area (Å²) in [6, 6.07) is 11.0. The molecule has 3 rings (SSSR count). The van der Waals surface area contributed by atoms with E-state index >= 15 is 0 Å². The molecule has 0 bridgehead atoms. The Morgan fingerprint density at radius 1 is 1.12 bits per heavy atom. The van der Waals surface area contributed by atoms with E-state index in [-0.39, 0.29) is 5.91 Å². The van der Waals surface area contributed by atoms with Gasteiger partial charge in [0.25, 0.3) is 5.91 Å². The van der Waals surface area contributed by atoms with Gasteiger partial charge in [-0.15, -0.1) is 0 Å². The summed E-state index contributed by atoms with van der Waals surface area (Å²) in [5.41, 5.74) is 0.737. The number of carbonyl (C=O) groups excluding carboxylic acids is 1. The highest BCUT2D eigenvalue weighted by Crippen LogP contribution is 2.39. The van der Waals surface area contributed by atoms with Crippen LogP contribution in [0.3, 0.4) is 0 Å². The number of hydrogen-bond donors (Lipinski definition) is 0. The fourth-order valence-corrected chi connectivity index (χ4v) is 4.34. The van der Waals surface area contributed by atoms with Crippen LogP contribution in [0.25, 0.3) is 6.08 Å². The first-order valence-corrected chi connectivity index (χ1v) is 11.6. The zero-order chi connectivity index (χ0) is 23.1. The van der Waals surface area contributed by atoms with Gasteiger partial charge in [0.15, 0.2) is 11.5 Å². The van der Waals surface area contributed by atoms with Crippen LogP contribution in [-0.4, -0.2) is 49.1 Å². The van der Waals surface area contributed by atoms with Crippen molar-refractivity contribution < 1.29 is 23.7 Å². The minimum absolute atomic E-state index is 0.134. The molecule has 2 aromatic carbocycles. The molecule has 1 aliphatic heterocycles. The van der Waals surface area contributed by atoms with Crippen molar-refractivity contribution in [1.29, 1.82) is 0 Å². The van der Waals surface area contributed by atoms with Gasteiger partial charge in [0.05, 0.1) is 36.9 Å². The van der Waals surface area contributed by atoms with Crippen LogP contribution in [0.1, 0.15) is 18.9 Å². The minimum Gasteiger partial charge on any atom is -0.497 e. The van der Waals surface area contributed by atoms with Crippen molar-refractivity contribution in [3.8, 4) is 23.0 Å². The Kier molecular flexibility index (Phi) is 8.67. The number of likely N-dealkylation sites (N-methyl/N-ethyl adjacent to an activating group) is 1. The monoisotopic (exact) mass is 493 g/mol. The van der Waals surface area contributed by atoms with Crippen LogP contribution in [0.4, 0.5) is 0 Å². The molecule has 32 heavy (non-hydrogen) atoms. The number of rotatable bonds is 10. The van der Waals surface area contributed by atoms with E-state index in [0.717, 1.165) is 17.1 Å². The number of amides is 1. The molecule has 9 heteroatoms. The Bertz CT molecular complexity index is 1030. The van der Waals surface area contributed by atoms with E-state index in [4.69, 9.17) is 42.8 Å². The van der Waals surface area contributed by atoms with Gasteiger partial charge in [-0.3, -0.25) is 9.69 Å². The second-order valence-electron chi connectivity index (χ2n) is 6.73. The molecule has 1 fully saturated rings. The molecule has 1 heterocycles. The van der Waals surface area contributed by atoms with E-state index in [1.54, 1.807) is 32.4 Å². The van der Waals surface area contributed by atoms with Crippen LogP contribution in [-0.2, 0) is 4.79 Å². The van der Waals surface area contributed by atoms with Gasteiger partial charge in [-0.2, -0.15) is 0 Å².